The van der Waals surface area contributed by atoms with Crippen LogP contribution in [0.3, 0.4) is 0 Å². The Morgan fingerprint density at radius 2 is 1.49 bits per heavy atom. The molecule has 4 amide bonds. The van der Waals surface area contributed by atoms with E-state index < -0.39 is 23.8 Å². The summed E-state index contributed by atoms with van der Waals surface area (Å²) in [6, 6.07) is -0.744. The predicted molar refractivity (Wildman–Crippen MR) is 142 cm³/mol. The van der Waals surface area contributed by atoms with E-state index in [0.717, 1.165) is 18.9 Å². The van der Waals surface area contributed by atoms with Gasteiger partial charge in [0.15, 0.2) is 0 Å². The zero-order valence-electron chi connectivity index (χ0n) is 22.9. The van der Waals surface area contributed by atoms with Crippen LogP contribution in [0.4, 0.5) is 0 Å². The van der Waals surface area contributed by atoms with Gasteiger partial charge in [-0.15, -0.1) is 0 Å². The highest BCUT2D eigenvalue weighted by molar-refractivity contribution is 5.91. The molecule has 0 aliphatic heterocycles. The van der Waals surface area contributed by atoms with Gasteiger partial charge in [-0.3, -0.25) is 19.2 Å². The molecule has 0 radical (unpaired) electrons. The van der Waals surface area contributed by atoms with Crippen molar-refractivity contribution in [1.29, 1.82) is 0 Å². The van der Waals surface area contributed by atoms with E-state index in [9.17, 15) is 19.2 Å². The summed E-state index contributed by atoms with van der Waals surface area (Å²) in [5, 5.41) is 7.56. The lowest BCUT2D eigenvalue weighted by Crippen LogP contribution is -2.50. The normalized spacial score (nSPS) is 13.9. The number of carbonyl (C=O) groups is 4. The number of hydrogen-bond acceptors (Lipinski definition) is 5. The number of amides is 4. The first-order valence-electron chi connectivity index (χ1n) is 13.4. The van der Waals surface area contributed by atoms with Crippen LogP contribution in [0.5, 0.6) is 0 Å². The molecule has 1 aliphatic carbocycles. The van der Waals surface area contributed by atoms with Gasteiger partial charge in [0.25, 0.3) is 0 Å². The highest BCUT2D eigenvalue weighted by atomic mass is 16.2. The SMILES string of the molecule is CC(C)C.CCCCN.CCC[C@H](NC(=O)CNC(=O)CCC1CCCCC1)C(=O)NCC(N)=O. The number of carbonyl (C=O) groups excluding carboxylic acids is 4. The molecular weight excluding hydrogens is 446 g/mol. The van der Waals surface area contributed by atoms with Gasteiger partial charge in [0.2, 0.25) is 23.6 Å². The van der Waals surface area contributed by atoms with Gasteiger partial charge in [-0.05, 0) is 37.6 Å². The highest BCUT2D eigenvalue weighted by Gasteiger charge is 2.20. The number of nitrogens with one attached hydrogen (secondary N) is 3. The molecule has 1 aliphatic rings. The molecule has 9 heteroatoms. The van der Waals surface area contributed by atoms with E-state index in [1.165, 1.54) is 44.9 Å². The molecule has 0 aromatic carbocycles. The van der Waals surface area contributed by atoms with E-state index >= 15 is 0 Å². The Labute approximate surface area is 213 Å². The molecular formula is C26H53N5O4. The summed E-state index contributed by atoms with van der Waals surface area (Å²) < 4.78 is 0. The Hall–Kier alpha value is -2.16. The van der Waals surface area contributed by atoms with Gasteiger partial charge < -0.3 is 27.4 Å². The van der Waals surface area contributed by atoms with Crippen molar-refractivity contribution in [3.8, 4) is 0 Å². The molecule has 1 atom stereocenters. The van der Waals surface area contributed by atoms with Gasteiger partial charge in [-0.2, -0.15) is 0 Å². The van der Waals surface area contributed by atoms with Gasteiger partial charge in [-0.1, -0.05) is 79.6 Å². The molecule has 1 fully saturated rings. The van der Waals surface area contributed by atoms with E-state index in [4.69, 9.17) is 11.5 Å². The van der Waals surface area contributed by atoms with Gasteiger partial charge in [0.1, 0.15) is 6.04 Å². The summed E-state index contributed by atoms with van der Waals surface area (Å²) in [7, 11) is 0. The Kier molecular flexibility index (Phi) is 23.6. The maximum atomic E-state index is 12.0. The van der Waals surface area contributed by atoms with Crippen LogP contribution in [-0.2, 0) is 19.2 Å². The Balaban J connectivity index is 0. The fraction of sp³-hybridized carbons (Fsp3) is 0.846. The fourth-order valence-corrected chi connectivity index (χ4v) is 3.38. The third-order valence-electron chi connectivity index (χ3n) is 5.17. The van der Waals surface area contributed by atoms with Crippen molar-refractivity contribution in [2.45, 2.75) is 111 Å². The molecule has 35 heavy (non-hydrogen) atoms. The lowest BCUT2D eigenvalue weighted by Gasteiger charge is -2.21. The largest absolute Gasteiger partial charge is 0.368 e. The second kappa shape index (κ2) is 23.6. The molecule has 0 saturated heterocycles. The van der Waals surface area contributed by atoms with E-state index in [-0.39, 0.29) is 19.0 Å². The Morgan fingerprint density at radius 3 is 1.94 bits per heavy atom. The van der Waals surface area contributed by atoms with Crippen LogP contribution in [0.15, 0.2) is 0 Å². The van der Waals surface area contributed by atoms with Gasteiger partial charge >= 0.3 is 0 Å². The Bertz CT molecular complexity index is 573. The van der Waals surface area contributed by atoms with Gasteiger partial charge in [0, 0.05) is 6.42 Å². The average molecular weight is 500 g/mol. The third-order valence-corrected chi connectivity index (χ3v) is 5.17. The summed E-state index contributed by atoms with van der Waals surface area (Å²) >= 11 is 0. The van der Waals surface area contributed by atoms with Crippen molar-refractivity contribution in [2.24, 2.45) is 23.3 Å². The zero-order chi connectivity index (χ0) is 27.1. The second-order valence-corrected chi connectivity index (χ2v) is 9.79. The minimum absolute atomic E-state index is 0.143. The molecule has 9 nitrogen and oxygen atoms in total. The summed E-state index contributed by atoms with van der Waals surface area (Å²) in [5.74, 6) is -0.223. The summed E-state index contributed by atoms with van der Waals surface area (Å²) in [5.41, 5.74) is 10.1. The molecule has 0 unspecified atom stereocenters. The van der Waals surface area contributed by atoms with Crippen molar-refractivity contribution >= 4 is 23.6 Å². The van der Waals surface area contributed by atoms with Crippen molar-refractivity contribution in [2.75, 3.05) is 19.6 Å². The van der Waals surface area contributed by atoms with Gasteiger partial charge in [-0.25, -0.2) is 0 Å². The maximum absolute atomic E-state index is 12.0. The zero-order valence-corrected chi connectivity index (χ0v) is 22.9. The number of primary amides is 1. The van der Waals surface area contributed by atoms with Crippen LogP contribution in [-0.4, -0.2) is 49.3 Å². The topological polar surface area (TPSA) is 156 Å². The number of unbranched alkanes of at least 4 members (excludes halogenated alkanes) is 1. The van der Waals surface area contributed by atoms with Crippen molar-refractivity contribution in [3.05, 3.63) is 0 Å². The molecule has 206 valence electrons. The lowest BCUT2D eigenvalue weighted by molar-refractivity contribution is -0.130. The third kappa shape index (κ3) is 24.8. The van der Waals surface area contributed by atoms with Crippen LogP contribution in [0.1, 0.15) is 105 Å². The quantitative estimate of drug-likeness (QED) is 0.263. The molecule has 0 aromatic rings. The predicted octanol–water partition coefficient (Wildman–Crippen LogP) is 2.76. The summed E-state index contributed by atoms with van der Waals surface area (Å²) in [6.45, 7) is 10.9. The van der Waals surface area contributed by atoms with E-state index in [2.05, 4.69) is 43.6 Å². The molecule has 0 spiro atoms. The van der Waals surface area contributed by atoms with Crippen LogP contribution in [0.25, 0.3) is 0 Å². The number of hydrogen-bond donors (Lipinski definition) is 5. The van der Waals surface area contributed by atoms with Crippen LogP contribution in [0.2, 0.25) is 0 Å². The molecule has 0 heterocycles. The van der Waals surface area contributed by atoms with Crippen LogP contribution in [0, 0.1) is 11.8 Å². The van der Waals surface area contributed by atoms with Crippen molar-refractivity contribution in [3.63, 3.8) is 0 Å². The van der Waals surface area contributed by atoms with Crippen molar-refractivity contribution in [1.82, 2.24) is 16.0 Å². The fourth-order valence-electron chi connectivity index (χ4n) is 3.38. The molecule has 0 bridgehead atoms. The first-order valence-corrected chi connectivity index (χ1v) is 13.4. The lowest BCUT2D eigenvalue weighted by atomic mass is 9.86. The molecule has 0 aromatic heterocycles. The summed E-state index contributed by atoms with van der Waals surface area (Å²) in [4.78, 5) is 46.6. The Morgan fingerprint density at radius 1 is 0.886 bits per heavy atom. The maximum Gasteiger partial charge on any atom is 0.243 e. The first kappa shape index (κ1) is 35.0. The highest BCUT2D eigenvalue weighted by Crippen LogP contribution is 2.27. The standard InChI is InChI=1S/C18H32N4O4.C4H11N.C4H10/c1-2-6-14(18(26)21-11-15(19)23)22-17(25)12-20-16(24)10-9-13-7-4-3-5-8-13;1-2-3-4-5;1-4(2)3/h13-14H,2-12H2,1H3,(H2,19,23)(H,20,24)(H,21,26)(H,22,25);2-5H2,1H3;4H,1-3H3/t14-;;/m0../s1. The van der Waals surface area contributed by atoms with E-state index in [1.54, 1.807) is 0 Å². The minimum Gasteiger partial charge on any atom is -0.368 e. The smallest absolute Gasteiger partial charge is 0.243 e. The number of rotatable bonds is 13. The first-order chi connectivity index (χ1) is 16.6. The van der Waals surface area contributed by atoms with Crippen LogP contribution < -0.4 is 27.4 Å². The van der Waals surface area contributed by atoms with E-state index in [0.29, 0.717) is 25.2 Å². The molecule has 7 N–H and O–H groups in total. The average Bonchev–Trinajstić information content (AvgIpc) is 2.81. The molecule has 1 saturated carbocycles. The monoisotopic (exact) mass is 499 g/mol. The van der Waals surface area contributed by atoms with Crippen molar-refractivity contribution < 1.29 is 19.2 Å². The van der Waals surface area contributed by atoms with E-state index in [1.807, 2.05) is 6.92 Å². The minimum atomic E-state index is -0.744. The molecule has 1 rings (SSSR count). The second-order valence-electron chi connectivity index (χ2n) is 9.79. The van der Waals surface area contributed by atoms with Crippen LogP contribution >= 0.6 is 0 Å². The van der Waals surface area contributed by atoms with Gasteiger partial charge in [0.05, 0.1) is 13.1 Å². The number of nitrogens with two attached hydrogens (primary N) is 2. The summed E-state index contributed by atoms with van der Waals surface area (Å²) in [6.07, 6.45) is 10.9.